The molecule has 2 aromatic rings. The van der Waals surface area contributed by atoms with E-state index in [9.17, 15) is 4.79 Å². The van der Waals surface area contributed by atoms with Gasteiger partial charge in [0.15, 0.2) is 0 Å². The average molecular weight is 285 g/mol. The predicted molar refractivity (Wildman–Crippen MR) is 81.3 cm³/mol. The Labute approximate surface area is 124 Å². The Morgan fingerprint density at radius 2 is 1.76 bits per heavy atom. The molecule has 0 bridgehead atoms. The quantitative estimate of drug-likeness (QED) is 0.820. The van der Waals surface area contributed by atoms with Crippen LogP contribution in [0.2, 0.25) is 0 Å². The van der Waals surface area contributed by atoms with Crippen molar-refractivity contribution in [2.45, 2.75) is 18.9 Å². The number of rotatable bonds is 7. The first-order valence-electron chi connectivity index (χ1n) is 6.89. The number of carboxylic acids is 1. The molecule has 0 amide bonds. The summed E-state index contributed by atoms with van der Waals surface area (Å²) in [6.07, 6.45) is 0.773. The average Bonchev–Trinajstić information content (AvgIpc) is 2.48. The molecule has 4 nitrogen and oxygen atoms in total. The molecular formula is C17H19NO3. The van der Waals surface area contributed by atoms with Gasteiger partial charge in [0.25, 0.3) is 0 Å². The van der Waals surface area contributed by atoms with Crippen molar-refractivity contribution in [1.29, 1.82) is 0 Å². The van der Waals surface area contributed by atoms with Crippen LogP contribution in [0.3, 0.4) is 0 Å². The molecular weight excluding hydrogens is 266 g/mol. The van der Waals surface area contributed by atoms with Crippen LogP contribution in [-0.4, -0.2) is 17.7 Å². The van der Waals surface area contributed by atoms with Gasteiger partial charge in [-0.25, -0.2) is 0 Å². The maximum atomic E-state index is 10.6. The summed E-state index contributed by atoms with van der Waals surface area (Å²) in [7, 11) is 0. The zero-order valence-corrected chi connectivity index (χ0v) is 11.7. The van der Waals surface area contributed by atoms with Gasteiger partial charge in [-0.2, -0.15) is 0 Å². The number of carboxylic acid groups (broad SMARTS) is 1. The Bertz CT molecular complexity index is 566. The van der Waals surface area contributed by atoms with Gasteiger partial charge in [0.2, 0.25) is 0 Å². The van der Waals surface area contributed by atoms with Crippen LogP contribution in [0.5, 0.6) is 5.75 Å². The van der Waals surface area contributed by atoms with Crippen molar-refractivity contribution in [2.75, 3.05) is 6.61 Å². The molecule has 3 N–H and O–H groups in total. The van der Waals surface area contributed by atoms with Gasteiger partial charge < -0.3 is 15.6 Å². The molecule has 0 aliphatic rings. The van der Waals surface area contributed by atoms with Crippen LogP contribution >= 0.6 is 0 Å². The van der Waals surface area contributed by atoms with Gasteiger partial charge in [-0.05, 0) is 23.3 Å². The fraction of sp³-hybridized carbons (Fsp3) is 0.235. The number of hydrogen-bond acceptors (Lipinski definition) is 3. The first kappa shape index (κ1) is 15.1. The maximum Gasteiger partial charge on any atom is 0.305 e. The highest BCUT2D eigenvalue weighted by Gasteiger charge is 2.10. The third kappa shape index (κ3) is 4.93. The Morgan fingerprint density at radius 3 is 2.38 bits per heavy atom. The minimum atomic E-state index is -0.898. The SMILES string of the molecule is NC(CC(=O)O)c1ccc(OCCc2ccccc2)cc1. The van der Waals surface area contributed by atoms with E-state index in [1.165, 1.54) is 5.56 Å². The zero-order chi connectivity index (χ0) is 15.1. The van der Waals surface area contributed by atoms with Crippen LogP contribution in [0.25, 0.3) is 0 Å². The van der Waals surface area contributed by atoms with Crippen molar-refractivity contribution in [3.63, 3.8) is 0 Å². The lowest BCUT2D eigenvalue weighted by Crippen LogP contribution is -2.14. The van der Waals surface area contributed by atoms with Gasteiger partial charge in [-0.15, -0.1) is 0 Å². The molecule has 21 heavy (non-hydrogen) atoms. The molecule has 0 aliphatic heterocycles. The fourth-order valence-corrected chi connectivity index (χ4v) is 2.05. The van der Waals surface area contributed by atoms with Crippen molar-refractivity contribution < 1.29 is 14.6 Å². The zero-order valence-electron chi connectivity index (χ0n) is 11.7. The van der Waals surface area contributed by atoms with Gasteiger partial charge in [0.05, 0.1) is 13.0 Å². The van der Waals surface area contributed by atoms with Crippen LogP contribution in [-0.2, 0) is 11.2 Å². The highest BCUT2D eigenvalue weighted by molar-refractivity contribution is 5.67. The summed E-state index contributed by atoms with van der Waals surface area (Å²) in [5, 5.41) is 8.72. The summed E-state index contributed by atoms with van der Waals surface area (Å²) < 4.78 is 5.67. The van der Waals surface area contributed by atoms with Crippen LogP contribution < -0.4 is 10.5 Å². The third-order valence-corrected chi connectivity index (χ3v) is 3.21. The van der Waals surface area contributed by atoms with E-state index in [0.29, 0.717) is 6.61 Å². The van der Waals surface area contributed by atoms with Crippen LogP contribution in [0, 0.1) is 0 Å². The number of benzene rings is 2. The van der Waals surface area contributed by atoms with Gasteiger partial charge in [0.1, 0.15) is 5.75 Å². The molecule has 0 spiro atoms. The lowest BCUT2D eigenvalue weighted by Gasteiger charge is -2.11. The number of carbonyl (C=O) groups is 1. The second-order valence-electron chi connectivity index (χ2n) is 4.86. The van der Waals surface area contributed by atoms with Crippen LogP contribution in [0.4, 0.5) is 0 Å². The van der Waals surface area contributed by atoms with E-state index < -0.39 is 12.0 Å². The largest absolute Gasteiger partial charge is 0.493 e. The fourth-order valence-electron chi connectivity index (χ4n) is 2.05. The first-order valence-corrected chi connectivity index (χ1v) is 6.89. The first-order chi connectivity index (χ1) is 10.1. The molecule has 0 radical (unpaired) electrons. The van der Waals surface area contributed by atoms with Gasteiger partial charge in [0, 0.05) is 12.5 Å². The molecule has 2 rings (SSSR count). The highest BCUT2D eigenvalue weighted by Crippen LogP contribution is 2.18. The molecule has 0 aliphatic carbocycles. The molecule has 2 aromatic carbocycles. The van der Waals surface area contributed by atoms with Crippen molar-refractivity contribution >= 4 is 5.97 Å². The molecule has 110 valence electrons. The van der Waals surface area contributed by atoms with Gasteiger partial charge >= 0.3 is 5.97 Å². The third-order valence-electron chi connectivity index (χ3n) is 3.21. The van der Waals surface area contributed by atoms with E-state index in [1.807, 2.05) is 42.5 Å². The van der Waals surface area contributed by atoms with Gasteiger partial charge in [-0.1, -0.05) is 42.5 Å². The van der Waals surface area contributed by atoms with Crippen molar-refractivity contribution in [3.05, 3.63) is 65.7 Å². The summed E-state index contributed by atoms with van der Waals surface area (Å²) >= 11 is 0. The molecule has 0 saturated carbocycles. The van der Waals surface area contributed by atoms with Gasteiger partial charge in [-0.3, -0.25) is 4.79 Å². The summed E-state index contributed by atoms with van der Waals surface area (Å²) in [6.45, 7) is 0.602. The molecule has 0 saturated heterocycles. The lowest BCUT2D eigenvalue weighted by atomic mass is 10.0. The predicted octanol–water partition coefficient (Wildman–Crippen LogP) is 2.78. The lowest BCUT2D eigenvalue weighted by molar-refractivity contribution is -0.137. The Kier molecular flexibility index (Phi) is 5.35. The summed E-state index contributed by atoms with van der Waals surface area (Å²) in [5.41, 5.74) is 7.83. The van der Waals surface area contributed by atoms with Crippen molar-refractivity contribution in [1.82, 2.24) is 0 Å². The standard InChI is InChI=1S/C17H19NO3/c18-16(12-17(19)20)14-6-8-15(9-7-14)21-11-10-13-4-2-1-3-5-13/h1-9,16H,10-12,18H2,(H,19,20). The highest BCUT2D eigenvalue weighted by atomic mass is 16.5. The second kappa shape index (κ2) is 7.45. The van der Waals surface area contributed by atoms with Crippen molar-refractivity contribution in [2.24, 2.45) is 5.73 Å². The van der Waals surface area contributed by atoms with E-state index in [4.69, 9.17) is 15.6 Å². The Hall–Kier alpha value is -2.33. The number of aliphatic carboxylic acids is 1. The molecule has 1 atom stereocenters. The normalized spacial score (nSPS) is 11.9. The molecule has 1 unspecified atom stereocenters. The molecule has 0 aromatic heterocycles. The minimum absolute atomic E-state index is 0.0752. The topological polar surface area (TPSA) is 72.6 Å². The molecule has 0 heterocycles. The number of ether oxygens (including phenoxy) is 1. The number of nitrogens with two attached hydrogens (primary N) is 1. The van der Waals surface area contributed by atoms with Crippen LogP contribution in [0.15, 0.2) is 54.6 Å². The summed E-state index contributed by atoms with van der Waals surface area (Å²) in [4.78, 5) is 10.6. The van der Waals surface area contributed by atoms with E-state index in [-0.39, 0.29) is 6.42 Å². The van der Waals surface area contributed by atoms with Crippen LogP contribution in [0.1, 0.15) is 23.6 Å². The maximum absolute atomic E-state index is 10.6. The Morgan fingerprint density at radius 1 is 1.10 bits per heavy atom. The monoisotopic (exact) mass is 285 g/mol. The molecule has 0 fully saturated rings. The number of hydrogen-bond donors (Lipinski definition) is 2. The van der Waals surface area contributed by atoms with Crippen molar-refractivity contribution in [3.8, 4) is 5.75 Å². The molecule has 4 heteroatoms. The van der Waals surface area contributed by atoms with E-state index in [2.05, 4.69) is 12.1 Å². The van der Waals surface area contributed by atoms with E-state index in [1.54, 1.807) is 0 Å². The summed E-state index contributed by atoms with van der Waals surface area (Å²) in [6, 6.07) is 16.9. The summed E-state index contributed by atoms with van der Waals surface area (Å²) in [5.74, 6) is -0.136. The second-order valence-corrected chi connectivity index (χ2v) is 4.86. The minimum Gasteiger partial charge on any atom is -0.493 e. The van der Waals surface area contributed by atoms with E-state index in [0.717, 1.165) is 17.7 Å². The van der Waals surface area contributed by atoms with E-state index >= 15 is 0 Å². The smallest absolute Gasteiger partial charge is 0.305 e. The Balaban J connectivity index is 1.83.